The highest BCUT2D eigenvalue weighted by molar-refractivity contribution is 6.35. The zero-order chi connectivity index (χ0) is 18.7. The summed E-state index contributed by atoms with van der Waals surface area (Å²) in [6, 6.07) is 7.47. The predicted molar refractivity (Wildman–Crippen MR) is 99.4 cm³/mol. The molecule has 0 bridgehead atoms. The summed E-state index contributed by atoms with van der Waals surface area (Å²) in [5.74, 6) is -1.12. The van der Waals surface area contributed by atoms with Crippen LogP contribution in [0.3, 0.4) is 0 Å². The van der Waals surface area contributed by atoms with Gasteiger partial charge in [0.15, 0.2) is 0 Å². The quantitative estimate of drug-likeness (QED) is 0.704. The van der Waals surface area contributed by atoms with Gasteiger partial charge < -0.3 is 16.0 Å². The first kappa shape index (κ1) is 19.7. The Morgan fingerprint density at radius 3 is 2.20 bits per heavy atom. The number of halogens is 1. The molecule has 25 heavy (non-hydrogen) atoms. The topological polar surface area (TPSA) is 74.8 Å². The van der Waals surface area contributed by atoms with Crippen LogP contribution in [-0.4, -0.2) is 35.5 Å². The van der Waals surface area contributed by atoms with Crippen molar-refractivity contribution in [1.82, 2.24) is 10.6 Å². The number of benzene rings is 1. The van der Waals surface area contributed by atoms with Crippen LogP contribution in [0.4, 0.5) is 0 Å². The summed E-state index contributed by atoms with van der Waals surface area (Å²) in [7, 11) is 0. The molecule has 1 aromatic rings. The maximum Gasteiger partial charge on any atom is 0.309 e. The van der Waals surface area contributed by atoms with E-state index in [4.69, 9.17) is 11.6 Å². The maximum atomic E-state index is 12.2. The molecule has 0 unspecified atom stereocenters. The Hall–Kier alpha value is -1.59. The van der Waals surface area contributed by atoms with E-state index < -0.39 is 11.8 Å². The van der Waals surface area contributed by atoms with Gasteiger partial charge in [-0.15, -0.1) is 0 Å². The lowest BCUT2D eigenvalue weighted by molar-refractivity contribution is -0.787. The van der Waals surface area contributed by atoms with Crippen molar-refractivity contribution in [3.63, 3.8) is 0 Å². The molecule has 1 aliphatic heterocycles. The highest BCUT2D eigenvalue weighted by Gasteiger charge is 2.42. The van der Waals surface area contributed by atoms with E-state index in [-0.39, 0.29) is 17.1 Å². The molecule has 4 N–H and O–H groups in total. The minimum Gasteiger partial charge on any atom is -0.348 e. The number of piperidine rings is 1. The van der Waals surface area contributed by atoms with Crippen LogP contribution in [0.25, 0.3) is 0 Å². The molecule has 138 valence electrons. The van der Waals surface area contributed by atoms with Crippen LogP contribution >= 0.6 is 11.6 Å². The average Bonchev–Trinajstić information content (AvgIpc) is 2.45. The second-order valence-corrected chi connectivity index (χ2v) is 8.77. The number of nitrogens with one attached hydrogen (secondary N) is 2. The fraction of sp³-hybridized carbons (Fsp3) is 0.579. The van der Waals surface area contributed by atoms with Crippen molar-refractivity contribution in [2.45, 2.75) is 64.1 Å². The van der Waals surface area contributed by atoms with E-state index in [0.29, 0.717) is 18.0 Å². The Bertz CT molecular complexity index is 610. The molecule has 1 saturated heterocycles. The van der Waals surface area contributed by atoms with Crippen molar-refractivity contribution in [1.29, 1.82) is 0 Å². The summed E-state index contributed by atoms with van der Waals surface area (Å²) >= 11 is 5.85. The Balaban J connectivity index is 1.79. The van der Waals surface area contributed by atoms with E-state index in [1.165, 1.54) is 0 Å². The molecule has 5 nitrogen and oxygen atoms in total. The van der Waals surface area contributed by atoms with E-state index in [2.05, 4.69) is 43.6 Å². The van der Waals surface area contributed by atoms with Crippen molar-refractivity contribution in [2.24, 2.45) is 0 Å². The van der Waals surface area contributed by atoms with Gasteiger partial charge in [0, 0.05) is 30.5 Å². The van der Waals surface area contributed by atoms with Gasteiger partial charge in [0.1, 0.15) is 0 Å². The van der Waals surface area contributed by atoms with Gasteiger partial charge in [0.05, 0.1) is 11.1 Å². The molecule has 0 saturated carbocycles. The third kappa shape index (κ3) is 6.33. The number of quaternary nitrogens is 1. The van der Waals surface area contributed by atoms with Gasteiger partial charge in [-0.05, 0) is 51.8 Å². The fourth-order valence-electron chi connectivity index (χ4n) is 3.92. The van der Waals surface area contributed by atoms with E-state index >= 15 is 0 Å². The first-order valence-corrected chi connectivity index (χ1v) is 9.14. The van der Waals surface area contributed by atoms with Gasteiger partial charge >= 0.3 is 11.8 Å². The van der Waals surface area contributed by atoms with Gasteiger partial charge in [0.2, 0.25) is 0 Å². The zero-order valence-electron chi connectivity index (χ0n) is 15.5. The molecule has 2 amide bonds. The van der Waals surface area contributed by atoms with Crippen LogP contribution in [0.1, 0.15) is 46.1 Å². The van der Waals surface area contributed by atoms with E-state index in [1.54, 1.807) is 0 Å². The number of hydrogen-bond donors (Lipinski definition) is 3. The number of nitrogens with two attached hydrogens (primary N) is 1. The van der Waals surface area contributed by atoms with Crippen molar-refractivity contribution in [3.8, 4) is 0 Å². The van der Waals surface area contributed by atoms with Crippen molar-refractivity contribution in [3.05, 3.63) is 34.9 Å². The van der Waals surface area contributed by atoms with E-state index in [9.17, 15) is 9.59 Å². The minimum atomic E-state index is -0.570. The number of rotatable bonds is 4. The summed E-state index contributed by atoms with van der Waals surface area (Å²) in [5, 5.41) is 8.61. The Labute approximate surface area is 154 Å². The second kappa shape index (κ2) is 7.75. The lowest BCUT2D eigenvalue weighted by Gasteiger charge is -2.43. The molecule has 1 aromatic carbocycles. The largest absolute Gasteiger partial charge is 0.348 e. The van der Waals surface area contributed by atoms with Crippen LogP contribution in [0, 0.1) is 0 Å². The summed E-state index contributed by atoms with van der Waals surface area (Å²) in [6.07, 6.45) is 2.36. The molecule has 0 atom stereocenters. The summed E-state index contributed by atoms with van der Waals surface area (Å²) in [4.78, 5) is 24.2. The van der Waals surface area contributed by atoms with Gasteiger partial charge in [-0.2, -0.15) is 0 Å². The molecule has 0 aliphatic carbocycles. The molecular formula is C19H29ClN3O2+. The normalized spacial score (nSPS) is 19.2. The van der Waals surface area contributed by atoms with E-state index in [1.807, 2.05) is 24.3 Å². The molecule has 0 radical (unpaired) electrons. The third-order valence-electron chi connectivity index (χ3n) is 4.48. The highest BCUT2D eigenvalue weighted by atomic mass is 35.5. The minimum absolute atomic E-state index is 0.0181. The number of hydrogen-bond acceptors (Lipinski definition) is 2. The first-order valence-electron chi connectivity index (χ1n) is 8.77. The summed E-state index contributed by atoms with van der Waals surface area (Å²) < 4.78 is 0. The van der Waals surface area contributed by atoms with Gasteiger partial charge in [0.25, 0.3) is 0 Å². The Morgan fingerprint density at radius 1 is 1.08 bits per heavy atom. The number of carbonyl (C=O) groups excluding carboxylic acids is 2. The van der Waals surface area contributed by atoms with Gasteiger partial charge in [-0.25, -0.2) is 0 Å². The van der Waals surface area contributed by atoms with E-state index in [0.717, 1.165) is 18.4 Å². The highest BCUT2D eigenvalue weighted by Crippen LogP contribution is 2.21. The zero-order valence-corrected chi connectivity index (χ0v) is 16.2. The molecule has 6 heteroatoms. The molecule has 2 rings (SSSR count). The molecule has 1 aliphatic rings. The van der Waals surface area contributed by atoms with Crippen LogP contribution < -0.4 is 16.0 Å². The Morgan fingerprint density at radius 2 is 1.64 bits per heavy atom. The third-order valence-corrected chi connectivity index (χ3v) is 4.73. The second-order valence-electron chi connectivity index (χ2n) is 8.33. The monoisotopic (exact) mass is 366 g/mol. The van der Waals surface area contributed by atoms with Crippen molar-refractivity contribution >= 4 is 23.4 Å². The molecular weight excluding hydrogens is 338 g/mol. The lowest BCUT2D eigenvalue weighted by Crippen LogP contribution is -3.06. The van der Waals surface area contributed by atoms with Crippen LogP contribution in [0.15, 0.2) is 24.3 Å². The summed E-state index contributed by atoms with van der Waals surface area (Å²) in [6.45, 7) is 9.08. The van der Waals surface area contributed by atoms with Crippen molar-refractivity contribution < 1.29 is 14.9 Å². The molecule has 0 aromatic heterocycles. The molecule has 1 heterocycles. The number of carbonyl (C=O) groups is 2. The van der Waals surface area contributed by atoms with Gasteiger partial charge in [-0.1, -0.05) is 23.7 Å². The summed E-state index contributed by atoms with van der Waals surface area (Å²) in [5.41, 5.74) is 1.16. The number of amides is 2. The van der Waals surface area contributed by atoms with Crippen molar-refractivity contribution in [2.75, 3.05) is 6.54 Å². The maximum absolute atomic E-state index is 12.2. The molecule has 0 spiro atoms. The average molecular weight is 367 g/mol. The van der Waals surface area contributed by atoms with Crippen LogP contribution in [0.5, 0.6) is 0 Å². The van der Waals surface area contributed by atoms with Crippen LogP contribution in [0.2, 0.25) is 5.02 Å². The first-order chi connectivity index (χ1) is 11.6. The standard InChI is InChI=1S/C19H28ClN3O2/c1-18(2)11-15(12-19(3,4)23-18)22-17(25)16(24)21-10-9-13-5-7-14(20)8-6-13/h5-8,15,23H,9-12H2,1-4H3,(H,21,24)(H,22,25)/p+1. The van der Waals surface area contributed by atoms with Crippen LogP contribution in [-0.2, 0) is 16.0 Å². The van der Waals surface area contributed by atoms with Gasteiger partial charge in [-0.3, -0.25) is 9.59 Å². The Kier molecular flexibility index (Phi) is 6.12. The fourth-order valence-corrected chi connectivity index (χ4v) is 4.05. The SMILES string of the molecule is CC1(C)CC(NC(=O)C(=O)NCCc2ccc(Cl)cc2)CC(C)(C)[NH2+]1. The molecule has 1 fully saturated rings. The predicted octanol–water partition coefficient (Wildman–Crippen LogP) is 1.40. The lowest BCUT2D eigenvalue weighted by atomic mass is 9.79. The smallest absolute Gasteiger partial charge is 0.309 e.